The highest BCUT2D eigenvalue weighted by Crippen LogP contribution is 2.28. The van der Waals surface area contributed by atoms with Crippen LogP contribution in [0.3, 0.4) is 0 Å². The van der Waals surface area contributed by atoms with E-state index in [-0.39, 0.29) is 48.8 Å². The molecule has 1 unspecified atom stereocenters. The van der Waals surface area contributed by atoms with E-state index in [4.69, 9.17) is 15.2 Å². The number of nitrogens with two attached hydrogens (primary N) is 1. The van der Waals surface area contributed by atoms with Crippen LogP contribution in [0, 0.1) is 11.8 Å². The van der Waals surface area contributed by atoms with E-state index in [0.29, 0.717) is 25.7 Å². The molecule has 28 heavy (non-hydrogen) atoms. The summed E-state index contributed by atoms with van der Waals surface area (Å²) >= 11 is 0. The third-order valence-corrected chi connectivity index (χ3v) is 5.93. The fourth-order valence-corrected chi connectivity index (χ4v) is 4.28. The number of amides is 2. The van der Waals surface area contributed by atoms with E-state index >= 15 is 0 Å². The Balaban J connectivity index is 0.00000392. The van der Waals surface area contributed by atoms with Crippen LogP contribution >= 0.6 is 12.4 Å². The number of ether oxygens (including phenoxy) is 2. The maximum Gasteiger partial charge on any atom is 0.246 e. The molecule has 0 heterocycles. The lowest BCUT2D eigenvalue weighted by atomic mass is 9.82. The first-order valence-corrected chi connectivity index (χ1v) is 10.5. The Bertz CT molecular complexity index is 453. The van der Waals surface area contributed by atoms with Crippen molar-refractivity contribution in [1.82, 2.24) is 10.6 Å². The lowest BCUT2D eigenvalue weighted by Gasteiger charge is -2.33. The smallest absolute Gasteiger partial charge is 0.246 e. The van der Waals surface area contributed by atoms with Crippen LogP contribution < -0.4 is 16.4 Å². The molecule has 8 heteroatoms. The van der Waals surface area contributed by atoms with Gasteiger partial charge in [0.1, 0.15) is 6.61 Å². The molecule has 0 aromatic rings. The molecule has 0 aromatic carbocycles. The predicted octanol–water partition coefficient (Wildman–Crippen LogP) is 1.77. The van der Waals surface area contributed by atoms with Crippen molar-refractivity contribution < 1.29 is 19.1 Å². The average Bonchev–Trinajstić information content (AvgIpc) is 2.70. The highest BCUT2D eigenvalue weighted by Gasteiger charge is 2.30. The SMILES string of the molecule is COCCOCC(=O)NC1CCC(C(=O)NC(CN)C2CCCCC2)CC1.Cl. The molecule has 2 fully saturated rings. The second-order valence-electron chi connectivity index (χ2n) is 7.91. The quantitative estimate of drug-likeness (QED) is 0.468. The second-order valence-corrected chi connectivity index (χ2v) is 7.91. The highest BCUT2D eigenvalue weighted by molar-refractivity contribution is 5.85. The summed E-state index contributed by atoms with van der Waals surface area (Å²) in [6.07, 6.45) is 9.42. The van der Waals surface area contributed by atoms with Gasteiger partial charge in [-0.1, -0.05) is 19.3 Å². The molecule has 2 amide bonds. The van der Waals surface area contributed by atoms with Gasteiger partial charge in [-0.25, -0.2) is 0 Å². The molecular formula is C20H38ClN3O4. The maximum absolute atomic E-state index is 12.7. The van der Waals surface area contributed by atoms with Crippen molar-refractivity contribution in [2.24, 2.45) is 17.6 Å². The Morgan fingerprint density at radius 2 is 1.71 bits per heavy atom. The van der Waals surface area contributed by atoms with Crippen molar-refractivity contribution in [3.8, 4) is 0 Å². The van der Waals surface area contributed by atoms with E-state index in [1.54, 1.807) is 7.11 Å². The number of methoxy groups -OCH3 is 1. The standard InChI is InChI=1S/C20H37N3O4.ClH/c1-26-11-12-27-14-19(24)22-17-9-7-16(8-10-17)20(25)23-18(13-21)15-5-3-2-4-6-15;/h15-18H,2-14,21H2,1H3,(H,22,24)(H,23,25);1H. The molecule has 2 saturated carbocycles. The minimum atomic E-state index is -0.0977. The molecule has 0 aromatic heterocycles. The molecule has 164 valence electrons. The molecule has 0 saturated heterocycles. The summed E-state index contributed by atoms with van der Waals surface area (Å²) in [6.45, 7) is 1.48. The molecule has 0 bridgehead atoms. The Hall–Kier alpha value is -0.890. The van der Waals surface area contributed by atoms with E-state index in [0.717, 1.165) is 25.7 Å². The largest absolute Gasteiger partial charge is 0.382 e. The predicted molar refractivity (Wildman–Crippen MR) is 111 cm³/mol. The number of hydrogen-bond donors (Lipinski definition) is 3. The van der Waals surface area contributed by atoms with Crippen LogP contribution in [0.5, 0.6) is 0 Å². The van der Waals surface area contributed by atoms with E-state index in [1.807, 2.05) is 0 Å². The molecule has 0 radical (unpaired) electrons. The minimum Gasteiger partial charge on any atom is -0.382 e. The molecule has 4 N–H and O–H groups in total. The number of nitrogens with one attached hydrogen (secondary N) is 2. The van der Waals surface area contributed by atoms with Gasteiger partial charge < -0.3 is 25.8 Å². The van der Waals surface area contributed by atoms with Gasteiger partial charge in [-0.05, 0) is 44.4 Å². The van der Waals surface area contributed by atoms with Gasteiger partial charge in [-0.15, -0.1) is 12.4 Å². The third-order valence-electron chi connectivity index (χ3n) is 5.93. The highest BCUT2D eigenvalue weighted by atomic mass is 35.5. The Morgan fingerprint density at radius 3 is 2.32 bits per heavy atom. The first kappa shape index (κ1) is 25.1. The molecule has 2 rings (SSSR count). The molecule has 0 spiro atoms. The van der Waals surface area contributed by atoms with E-state index in [9.17, 15) is 9.59 Å². The van der Waals surface area contributed by atoms with Gasteiger partial charge in [0.25, 0.3) is 0 Å². The van der Waals surface area contributed by atoms with Crippen molar-refractivity contribution in [1.29, 1.82) is 0 Å². The molecule has 2 aliphatic rings. The first-order valence-electron chi connectivity index (χ1n) is 10.5. The zero-order valence-corrected chi connectivity index (χ0v) is 17.9. The summed E-state index contributed by atoms with van der Waals surface area (Å²) in [5, 5.41) is 6.22. The Kier molecular flexibility index (Phi) is 12.7. The van der Waals surface area contributed by atoms with Gasteiger partial charge >= 0.3 is 0 Å². The molecule has 0 aliphatic heterocycles. The van der Waals surface area contributed by atoms with Crippen molar-refractivity contribution in [2.75, 3.05) is 33.5 Å². The van der Waals surface area contributed by atoms with Gasteiger partial charge in [0, 0.05) is 31.7 Å². The van der Waals surface area contributed by atoms with Crippen molar-refractivity contribution >= 4 is 24.2 Å². The van der Waals surface area contributed by atoms with Gasteiger partial charge in [-0.2, -0.15) is 0 Å². The number of carbonyl (C=O) groups is 2. The maximum atomic E-state index is 12.7. The zero-order valence-electron chi connectivity index (χ0n) is 17.1. The van der Waals surface area contributed by atoms with Gasteiger partial charge in [0.15, 0.2) is 0 Å². The van der Waals surface area contributed by atoms with Crippen molar-refractivity contribution in [3.05, 3.63) is 0 Å². The summed E-state index contributed by atoms with van der Waals surface area (Å²) in [7, 11) is 1.60. The number of carbonyl (C=O) groups excluding carboxylic acids is 2. The van der Waals surface area contributed by atoms with Gasteiger partial charge in [-0.3, -0.25) is 9.59 Å². The van der Waals surface area contributed by atoms with E-state index < -0.39 is 0 Å². The van der Waals surface area contributed by atoms with Crippen LogP contribution in [0.4, 0.5) is 0 Å². The monoisotopic (exact) mass is 419 g/mol. The summed E-state index contributed by atoms with van der Waals surface area (Å²) < 4.78 is 10.1. The van der Waals surface area contributed by atoms with E-state index in [1.165, 1.54) is 32.1 Å². The summed E-state index contributed by atoms with van der Waals surface area (Å²) in [4.78, 5) is 24.5. The van der Waals surface area contributed by atoms with Crippen LogP contribution in [-0.4, -0.2) is 57.4 Å². The summed E-state index contributed by atoms with van der Waals surface area (Å²) in [5.41, 5.74) is 5.94. The average molecular weight is 420 g/mol. The topological polar surface area (TPSA) is 103 Å². The first-order chi connectivity index (χ1) is 13.1. The van der Waals surface area contributed by atoms with E-state index in [2.05, 4.69) is 10.6 Å². The van der Waals surface area contributed by atoms with Gasteiger partial charge in [0.2, 0.25) is 11.8 Å². The second kappa shape index (κ2) is 14.1. The summed E-state index contributed by atoms with van der Waals surface area (Å²) in [6, 6.07) is 0.246. The van der Waals surface area contributed by atoms with Crippen LogP contribution in [0.1, 0.15) is 57.8 Å². The van der Waals surface area contributed by atoms with Crippen molar-refractivity contribution in [2.45, 2.75) is 69.9 Å². The van der Waals surface area contributed by atoms with Crippen molar-refractivity contribution in [3.63, 3.8) is 0 Å². The number of halogens is 1. The fourth-order valence-electron chi connectivity index (χ4n) is 4.28. The third kappa shape index (κ3) is 8.64. The van der Waals surface area contributed by atoms with Crippen LogP contribution in [0.25, 0.3) is 0 Å². The zero-order chi connectivity index (χ0) is 19.5. The van der Waals surface area contributed by atoms with Crippen LogP contribution in [0.2, 0.25) is 0 Å². The molecule has 7 nitrogen and oxygen atoms in total. The lowest BCUT2D eigenvalue weighted by molar-refractivity contribution is -0.128. The normalized spacial score (nSPS) is 24.1. The molecule has 2 aliphatic carbocycles. The minimum absolute atomic E-state index is 0. The molecular weight excluding hydrogens is 382 g/mol. The lowest BCUT2D eigenvalue weighted by Crippen LogP contribution is -2.49. The molecule has 1 atom stereocenters. The van der Waals surface area contributed by atoms with Crippen LogP contribution in [-0.2, 0) is 19.1 Å². The van der Waals surface area contributed by atoms with Gasteiger partial charge in [0.05, 0.1) is 13.2 Å². The Labute approximate surface area is 175 Å². The Morgan fingerprint density at radius 1 is 1.04 bits per heavy atom. The number of rotatable bonds is 10. The number of hydrogen-bond acceptors (Lipinski definition) is 5. The van der Waals surface area contributed by atoms with Crippen LogP contribution in [0.15, 0.2) is 0 Å². The fraction of sp³-hybridized carbons (Fsp3) is 0.900. The summed E-state index contributed by atoms with van der Waals surface area (Å²) in [5.74, 6) is 0.610.